The fourth-order valence-corrected chi connectivity index (χ4v) is 3.68. The summed E-state index contributed by atoms with van der Waals surface area (Å²) < 4.78 is 6.12. The summed E-state index contributed by atoms with van der Waals surface area (Å²) in [6.45, 7) is 0. The molecule has 1 radical (unpaired) electrons. The second-order valence-corrected chi connectivity index (χ2v) is 6.87. The van der Waals surface area contributed by atoms with Gasteiger partial charge in [0.05, 0.1) is 23.0 Å². The zero-order valence-corrected chi connectivity index (χ0v) is 15.3. The topological polar surface area (TPSA) is 51.8 Å². The zero-order chi connectivity index (χ0) is 19.2. The first kappa shape index (κ1) is 16.0. The van der Waals surface area contributed by atoms with E-state index in [-0.39, 0.29) is 0 Å². The number of pyridine rings is 2. The first-order valence-electron chi connectivity index (χ1n) is 9.39. The zero-order valence-electron chi connectivity index (χ0n) is 15.3. The summed E-state index contributed by atoms with van der Waals surface area (Å²) in [5, 5.41) is 2.98. The van der Waals surface area contributed by atoms with Crippen molar-refractivity contribution in [3.05, 3.63) is 91.1 Å². The molecule has 0 unspecified atom stereocenters. The molecule has 3 heterocycles. The average molecular weight is 372 g/mol. The Balaban J connectivity index is 1.68. The van der Waals surface area contributed by atoms with Crippen molar-refractivity contribution in [1.29, 1.82) is 0 Å². The van der Waals surface area contributed by atoms with E-state index in [1.165, 1.54) is 0 Å². The maximum Gasteiger partial charge on any atom is 0.230 e. The Hall–Kier alpha value is -4.05. The quantitative estimate of drug-likeness (QED) is 0.371. The van der Waals surface area contributed by atoms with Crippen LogP contribution in [0.1, 0.15) is 0 Å². The van der Waals surface area contributed by atoms with Gasteiger partial charge in [-0.05, 0) is 29.7 Å². The van der Waals surface area contributed by atoms with Gasteiger partial charge in [-0.15, -0.1) is 0 Å². The van der Waals surface area contributed by atoms with Crippen molar-refractivity contribution in [2.45, 2.75) is 0 Å². The highest BCUT2D eigenvalue weighted by molar-refractivity contribution is 6.01. The molecular formula is C25H14N3O. The molecule has 0 saturated carbocycles. The van der Waals surface area contributed by atoms with Crippen LogP contribution in [-0.2, 0) is 0 Å². The van der Waals surface area contributed by atoms with E-state index in [4.69, 9.17) is 14.4 Å². The van der Waals surface area contributed by atoms with Gasteiger partial charge in [0.2, 0.25) is 5.89 Å². The monoisotopic (exact) mass is 372 g/mol. The predicted molar refractivity (Wildman–Crippen MR) is 114 cm³/mol. The number of para-hydroxylation sites is 3. The molecule has 0 bridgehead atoms. The molecular weight excluding hydrogens is 358 g/mol. The average Bonchev–Trinajstić information content (AvgIpc) is 3.22. The third-order valence-corrected chi connectivity index (χ3v) is 5.07. The van der Waals surface area contributed by atoms with E-state index in [2.05, 4.69) is 17.2 Å². The van der Waals surface area contributed by atoms with Gasteiger partial charge in [-0.25, -0.2) is 15.0 Å². The normalized spacial score (nSPS) is 11.4. The van der Waals surface area contributed by atoms with Gasteiger partial charge >= 0.3 is 0 Å². The first-order valence-corrected chi connectivity index (χ1v) is 9.39. The van der Waals surface area contributed by atoms with Gasteiger partial charge in [0.1, 0.15) is 11.2 Å². The molecule has 0 aliphatic heterocycles. The fraction of sp³-hybridized carbons (Fsp3) is 0. The summed E-state index contributed by atoms with van der Waals surface area (Å²) in [7, 11) is 0. The number of oxazole rings is 1. The number of hydrogen-bond acceptors (Lipinski definition) is 4. The van der Waals surface area contributed by atoms with Crippen LogP contribution >= 0.6 is 0 Å². The van der Waals surface area contributed by atoms with E-state index in [9.17, 15) is 0 Å². The van der Waals surface area contributed by atoms with E-state index in [0.717, 1.165) is 44.0 Å². The van der Waals surface area contributed by atoms with Crippen molar-refractivity contribution in [3.8, 4) is 22.8 Å². The molecule has 0 fully saturated rings. The second kappa shape index (κ2) is 6.24. The lowest BCUT2D eigenvalue weighted by Gasteiger charge is -2.09. The van der Waals surface area contributed by atoms with Crippen molar-refractivity contribution in [3.63, 3.8) is 0 Å². The number of fused-ring (bicyclic) bond motifs is 3. The van der Waals surface area contributed by atoms with Gasteiger partial charge in [0, 0.05) is 10.8 Å². The molecule has 0 spiro atoms. The third kappa shape index (κ3) is 2.57. The Kier molecular flexibility index (Phi) is 3.43. The Morgan fingerprint density at radius 1 is 0.690 bits per heavy atom. The van der Waals surface area contributed by atoms with Crippen LogP contribution in [0.15, 0.2) is 89.3 Å². The minimum absolute atomic E-state index is 0.536. The Labute approximate surface area is 166 Å². The van der Waals surface area contributed by atoms with Gasteiger partial charge in [-0.3, -0.25) is 0 Å². The highest BCUT2D eigenvalue weighted by Crippen LogP contribution is 2.37. The van der Waals surface area contributed by atoms with Crippen molar-refractivity contribution in [2.24, 2.45) is 0 Å². The molecule has 0 amide bonds. The van der Waals surface area contributed by atoms with Gasteiger partial charge < -0.3 is 4.42 Å². The van der Waals surface area contributed by atoms with E-state index in [1.54, 1.807) is 0 Å². The van der Waals surface area contributed by atoms with E-state index in [0.29, 0.717) is 11.6 Å². The lowest BCUT2D eigenvalue weighted by atomic mass is 10.0. The molecule has 3 aromatic heterocycles. The van der Waals surface area contributed by atoms with Crippen molar-refractivity contribution < 1.29 is 4.42 Å². The standard InChI is InChI=1S/C25H14N3O/c1-3-9-18-17(8-1)15-26-24(21-14-13-16-7-2-4-10-19(16)27-21)23(18)25-28-20-11-5-6-12-22(20)29-25/h1-14H. The molecule has 4 heteroatoms. The minimum atomic E-state index is 0.536. The lowest BCUT2D eigenvalue weighted by molar-refractivity contribution is 0.620. The van der Waals surface area contributed by atoms with Crippen molar-refractivity contribution in [1.82, 2.24) is 15.0 Å². The summed E-state index contributed by atoms with van der Waals surface area (Å²) in [4.78, 5) is 14.2. The maximum atomic E-state index is 6.12. The summed E-state index contributed by atoms with van der Waals surface area (Å²) in [6.07, 6.45) is 3.15. The van der Waals surface area contributed by atoms with Gasteiger partial charge in [0.15, 0.2) is 5.58 Å². The summed E-state index contributed by atoms with van der Waals surface area (Å²) in [6, 6.07) is 27.9. The minimum Gasteiger partial charge on any atom is -0.436 e. The molecule has 0 atom stereocenters. The van der Waals surface area contributed by atoms with Crippen LogP contribution in [0, 0.1) is 6.20 Å². The molecule has 4 nitrogen and oxygen atoms in total. The molecule has 3 aromatic carbocycles. The van der Waals surface area contributed by atoms with Crippen LogP contribution in [0.3, 0.4) is 0 Å². The number of rotatable bonds is 2. The highest BCUT2D eigenvalue weighted by Gasteiger charge is 2.19. The molecule has 29 heavy (non-hydrogen) atoms. The second-order valence-electron chi connectivity index (χ2n) is 6.87. The Bertz CT molecular complexity index is 1480. The lowest BCUT2D eigenvalue weighted by Crippen LogP contribution is -1.94. The predicted octanol–water partition coefficient (Wildman–Crippen LogP) is 6.06. The fourth-order valence-electron chi connectivity index (χ4n) is 3.68. The van der Waals surface area contributed by atoms with Crippen LogP contribution in [0.25, 0.3) is 55.6 Å². The van der Waals surface area contributed by atoms with Crippen LogP contribution in [-0.4, -0.2) is 15.0 Å². The Morgan fingerprint density at radius 2 is 1.48 bits per heavy atom. The maximum absolute atomic E-state index is 6.12. The number of hydrogen-bond donors (Lipinski definition) is 0. The van der Waals surface area contributed by atoms with Crippen LogP contribution in [0.5, 0.6) is 0 Å². The number of nitrogens with zero attached hydrogens (tertiary/aromatic N) is 3. The molecule has 6 rings (SSSR count). The van der Waals surface area contributed by atoms with E-state index in [1.807, 2.05) is 78.9 Å². The third-order valence-electron chi connectivity index (χ3n) is 5.07. The molecule has 6 aromatic rings. The van der Waals surface area contributed by atoms with Crippen molar-refractivity contribution in [2.75, 3.05) is 0 Å². The van der Waals surface area contributed by atoms with Crippen molar-refractivity contribution >= 4 is 32.8 Å². The van der Waals surface area contributed by atoms with Crippen LogP contribution in [0.4, 0.5) is 0 Å². The van der Waals surface area contributed by atoms with Crippen LogP contribution in [0.2, 0.25) is 0 Å². The van der Waals surface area contributed by atoms with Gasteiger partial charge in [0.25, 0.3) is 0 Å². The summed E-state index contributed by atoms with van der Waals surface area (Å²) in [5.74, 6) is 0.536. The SMILES string of the molecule is [c]1nc(-c2ccc3ccccc3n2)c(-c2nc3ccccc3o2)c2ccccc12. The van der Waals surface area contributed by atoms with E-state index < -0.39 is 0 Å². The smallest absolute Gasteiger partial charge is 0.230 e. The van der Waals surface area contributed by atoms with Crippen LogP contribution < -0.4 is 0 Å². The summed E-state index contributed by atoms with van der Waals surface area (Å²) in [5.41, 5.74) is 4.79. The van der Waals surface area contributed by atoms with E-state index >= 15 is 0 Å². The first-order chi connectivity index (χ1) is 14.4. The highest BCUT2D eigenvalue weighted by atomic mass is 16.3. The molecule has 0 aliphatic rings. The summed E-state index contributed by atoms with van der Waals surface area (Å²) >= 11 is 0. The molecule has 0 aliphatic carbocycles. The van der Waals surface area contributed by atoms with Gasteiger partial charge in [-0.1, -0.05) is 60.7 Å². The molecule has 135 valence electrons. The largest absolute Gasteiger partial charge is 0.436 e. The molecule has 0 saturated heterocycles. The molecule has 0 N–H and O–H groups in total. The number of benzene rings is 3. The Morgan fingerprint density at radius 3 is 2.41 bits per heavy atom. The van der Waals surface area contributed by atoms with Gasteiger partial charge in [-0.2, -0.15) is 0 Å². The number of aromatic nitrogens is 3.